The van der Waals surface area contributed by atoms with Crippen LogP contribution in [0.4, 0.5) is 0 Å². The predicted octanol–water partition coefficient (Wildman–Crippen LogP) is -0.270. The molecule has 25 heavy (non-hydrogen) atoms. The predicted molar refractivity (Wildman–Crippen MR) is 94.2 cm³/mol. The van der Waals surface area contributed by atoms with Gasteiger partial charge in [0.1, 0.15) is 5.75 Å². The number of carbonyl (C=O) groups is 1. The van der Waals surface area contributed by atoms with E-state index in [0.29, 0.717) is 11.3 Å². The average Bonchev–Trinajstić information content (AvgIpc) is 2.62. The van der Waals surface area contributed by atoms with Crippen LogP contribution in [0.5, 0.6) is 5.75 Å². The zero-order valence-corrected chi connectivity index (χ0v) is 14.7. The molecule has 0 saturated carbocycles. The minimum absolute atomic E-state index is 0.0634. The number of methoxy groups -OCH3 is 1. The van der Waals surface area contributed by atoms with Gasteiger partial charge in [0, 0.05) is 19.7 Å². The van der Waals surface area contributed by atoms with Crippen LogP contribution in [-0.2, 0) is 18.9 Å². The van der Waals surface area contributed by atoms with E-state index in [4.69, 9.17) is 4.74 Å². The molecule has 0 atom stereocenters. The summed E-state index contributed by atoms with van der Waals surface area (Å²) in [5.41, 5.74) is 2.01. The third kappa shape index (κ3) is 4.57. The second-order valence-electron chi connectivity index (χ2n) is 4.90. The van der Waals surface area contributed by atoms with Crippen LogP contribution < -0.4 is 21.4 Å². The maximum Gasteiger partial charge on any atom is 0.346 e. The fourth-order valence-electron chi connectivity index (χ4n) is 1.87. The molecular formula is C15H17N5O4S. The molecule has 2 rings (SSSR count). The number of benzene rings is 1. The van der Waals surface area contributed by atoms with E-state index >= 15 is 0 Å². The molecule has 0 aliphatic heterocycles. The van der Waals surface area contributed by atoms with Gasteiger partial charge in [0.2, 0.25) is 5.91 Å². The average molecular weight is 363 g/mol. The molecule has 0 aliphatic carbocycles. The fraction of sp³-hybridized carbons (Fsp3) is 0.267. The van der Waals surface area contributed by atoms with Crippen molar-refractivity contribution >= 4 is 23.9 Å². The minimum Gasteiger partial charge on any atom is -0.496 e. The summed E-state index contributed by atoms with van der Waals surface area (Å²) in [4.78, 5) is 35.3. The number of carbonyl (C=O) groups excluding carboxylic acids is 1. The van der Waals surface area contributed by atoms with Crippen molar-refractivity contribution in [1.82, 2.24) is 19.8 Å². The van der Waals surface area contributed by atoms with Crippen molar-refractivity contribution in [2.75, 3.05) is 12.9 Å². The maximum atomic E-state index is 11.9. The Morgan fingerprint density at radius 3 is 2.80 bits per heavy atom. The van der Waals surface area contributed by atoms with Crippen molar-refractivity contribution in [2.24, 2.45) is 19.2 Å². The minimum atomic E-state index is -0.543. The molecule has 0 spiro atoms. The third-order valence-electron chi connectivity index (χ3n) is 3.16. The zero-order chi connectivity index (χ0) is 18.4. The van der Waals surface area contributed by atoms with Gasteiger partial charge in [-0.15, -0.1) is 0 Å². The Bertz CT molecular complexity index is 919. The van der Waals surface area contributed by atoms with Gasteiger partial charge in [-0.2, -0.15) is 10.2 Å². The van der Waals surface area contributed by atoms with Crippen molar-refractivity contribution in [3.05, 3.63) is 50.7 Å². The molecule has 2 aromatic rings. The second kappa shape index (κ2) is 8.29. The van der Waals surface area contributed by atoms with Crippen molar-refractivity contribution in [1.29, 1.82) is 0 Å². The Morgan fingerprint density at radius 1 is 1.36 bits per heavy atom. The standard InChI is InChI=1S/C15H17N5O4S/c1-19-14(22)13(18-20(2)15(19)23)25-9-12(21)17-16-8-10-6-4-5-7-11(10)24-3/h4-8H,9H2,1-3H3,(H,17,21)/b16-8-. The SMILES string of the molecule is COc1ccccc1/C=N\NC(=O)CSc1nn(C)c(=O)n(C)c1=O. The van der Waals surface area contributed by atoms with Gasteiger partial charge < -0.3 is 4.74 Å². The second-order valence-corrected chi connectivity index (χ2v) is 5.86. The maximum absolute atomic E-state index is 11.9. The highest BCUT2D eigenvalue weighted by molar-refractivity contribution is 7.99. The number of rotatable bonds is 6. The molecule has 0 radical (unpaired) electrons. The third-order valence-corrected chi connectivity index (χ3v) is 4.10. The van der Waals surface area contributed by atoms with Crippen molar-refractivity contribution in [3.8, 4) is 5.75 Å². The molecule has 0 aliphatic rings. The molecule has 1 aromatic heterocycles. The van der Waals surface area contributed by atoms with E-state index in [2.05, 4.69) is 15.6 Å². The van der Waals surface area contributed by atoms with Crippen LogP contribution in [0.15, 0.2) is 44.0 Å². The summed E-state index contributed by atoms with van der Waals surface area (Å²) in [5.74, 6) is 0.158. The number of hydrogen-bond acceptors (Lipinski definition) is 7. The summed E-state index contributed by atoms with van der Waals surface area (Å²) in [6.45, 7) is 0. The van der Waals surface area contributed by atoms with E-state index in [9.17, 15) is 14.4 Å². The number of nitrogens with one attached hydrogen (secondary N) is 1. The largest absolute Gasteiger partial charge is 0.496 e. The lowest BCUT2D eigenvalue weighted by molar-refractivity contribution is -0.118. The van der Waals surface area contributed by atoms with Gasteiger partial charge in [0.25, 0.3) is 5.56 Å². The molecule has 0 fully saturated rings. The molecule has 9 nitrogen and oxygen atoms in total. The van der Waals surface area contributed by atoms with Gasteiger partial charge in [0.15, 0.2) is 5.03 Å². The van der Waals surface area contributed by atoms with E-state index in [-0.39, 0.29) is 10.8 Å². The molecule has 1 amide bonds. The van der Waals surface area contributed by atoms with Crippen LogP contribution in [0.2, 0.25) is 0 Å². The Kier molecular flexibility index (Phi) is 6.12. The number of para-hydroxylation sites is 1. The lowest BCUT2D eigenvalue weighted by Crippen LogP contribution is -2.39. The summed E-state index contributed by atoms with van der Waals surface area (Å²) >= 11 is 0.931. The molecule has 0 bridgehead atoms. The van der Waals surface area contributed by atoms with Crippen LogP contribution in [-0.4, -0.2) is 39.3 Å². The van der Waals surface area contributed by atoms with Crippen LogP contribution in [0.25, 0.3) is 0 Å². The number of hydrazone groups is 1. The first-order chi connectivity index (χ1) is 11.9. The Labute approximate surface area is 147 Å². The van der Waals surface area contributed by atoms with Crippen molar-refractivity contribution in [3.63, 3.8) is 0 Å². The zero-order valence-electron chi connectivity index (χ0n) is 13.9. The van der Waals surface area contributed by atoms with E-state index < -0.39 is 17.2 Å². The number of amides is 1. The summed E-state index contributed by atoms with van der Waals surface area (Å²) in [5, 5.41) is 7.78. The van der Waals surface area contributed by atoms with E-state index in [1.807, 2.05) is 12.1 Å². The highest BCUT2D eigenvalue weighted by Gasteiger charge is 2.11. The lowest BCUT2D eigenvalue weighted by Gasteiger charge is -2.05. The number of aromatic nitrogens is 3. The van der Waals surface area contributed by atoms with E-state index in [1.54, 1.807) is 19.2 Å². The molecule has 132 valence electrons. The van der Waals surface area contributed by atoms with Crippen LogP contribution in [0.3, 0.4) is 0 Å². The van der Waals surface area contributed by atoms with E-state index in [1.165, 1.54) is 20.3 Å². The summed E-state index contributed by atoms with van der Waals surface area (Å²) < 4.78 is 7.15. The first-order valence-electron chi connectivity index (χ1n) is 7.16. The molecule has 1 aromatic carbocycles. The van der Waals surface area contributed by atoms with Gasteiger partial charge in [-0.3, -0.25) is 14.2 Å². The number of nitrogens with zero attached hydrogens (tertiary/aromatic N) is 4. The Morgan fingerprint density at radius 2 is 2.08 bits per heavy atom. The Balaban J connectivity index is 1.97. The van der Waals surface area contributed by atoms with Crippen molar-refractivity contribution in [2.45, 2.75) is 5.03 Å². The first kappa shape index (κ1) is 18.5. The normalized spacial score (nSPS) is 10.8. The summed E-state index contributed by atoms with van der Waals surface area (Å²) in [7, 11) is 4.33. The molecule has 1 heterocycles. The first-order valence-corrected chi connectivity index (χ1v) is 8.14. The topological polar surface area (TPSA) is 108 Å². The lowest BCUT2D eigenvalue weighted by atomic mass is 10.2. The molecule has 1 N–H and O–H groups in total. The Hall–Kier alpha value is -2.88. The van der Waals surface area contributed by atoms with Gasteiger partial charge in [-0.25, -0.2) is 14.9 Å². The number of aryl methyl sites for hydroxylation is 1. The van der Waals surface area contributed by atoms with Crippen LogP contribution >= 0.6 is 11.8 Å². The quantitative estimate of drug-likeness (QED) is 0.430. The molecule has 0 unspecified atom stereocenters. The van der Waals surface area contributed by atoms with E-state index in [0.717, 1.165) is 21.0 Å². The van der Waals surface area contributed by atoms with Gasteiger partial charge in [-0.1, -0.05) is 23.9 Å². The monoisotopic (exact) mass is 363 g/mol. The van der Waals surface area contributed by atoms with Gasteiger partial charge >= 0.3 is 5.69 Å². The van der Waals surface area contributed by atoms with Crippen molar-refractivity contribution < 1.29 is 9.53 Å². The molecule has 10 heteroatoms. The summed E-state index contributed by atoms with van der Waals surface area (Å²) in [6, 6.07) is 7.22. The fourth-order valence-corrected chi connectivity index (χ4v) is 2.65. The van der Waals surface area contributed by atoms with Gasteiger partial charge in [0.05, 0.1) is 19.1 Å². The highest BCUT2D eigenvalue weighted by Crippen LogP contribution is 2.14. The highest BCUT2D eigenvalue weighted by atomic mass is 32.2. The molecular weight excluding hydrogens is 346 g/mol. The van der Waals surface area contributed by atoms with Crippen LogP contribution in [0, 0.1) is 0 Å². The number of thioether (sulfide) groups is 1. The van der Waals surface area contributed by atoms with Gasteiger partial charge in [-0.05, 0) is 12.1 Å². The smallest absolute Gasteiger partial charge is 0.346 e. The molecule has 0 saturated heterocycles. The summed E-state index contributed by atoms with van der Waals surface area (Å²) in [6.07, 6.45) is 1.46. The number of ether oxygens (including phenoxy) is 1. The van der Waals surface area contributed by atoms with Crippen LogP contribution in [0.1, 0.15) is 5.56 Å². The number of hydrogen-bond donors (Lipinski definition) is 1.